The largest absolute Gasteiger partial charge is 0.457 e. The van der Waals surface area contributed by atoms with Crippen molar-refractivity contribution in [3.8, 4) is 23.1 Å². The van der Waals surface area contributed by atoms with E-state index in [9.17, 15) is 4.79 Å². The molecule has 0 amide bonds. The first-order valence-corrected chi connectivity index (χ1v) is 10.1. The summed E-state index contributed by atoms with van der Waals surface area (Å²) < 4.78 is 14.1. The van der Waals surface area contributed by atoms with Gasteiger partial charge in [-0.15, -0.1) is 0 Å². The summed E-state index contributed by atoms with van der Waals surface area (Å²) in [5.41, 5.74) is 1.70. The fourth-order valence-corrected chi connectivity index (χ4v) is 3.86. The van der Waals surface area contributed by atoms with Gasteiger partial charge in [-0.3, -0.25) is 4.79 Å². The molecule has 1 aliphatic carbocycles. The van der Waals surface area contributed by atoms with E-state index in [0.717, 1.165) is 35.4 Å². The van der Waals surface area contributed by atoms with Gasteiger partial charge in [0.15, 0.2) is 0 Å². The Bertz CT molecular complexity index is 1160. The lowest BCUT2D eigenvalue weighted by atomic mass is 9.94. The van der Waals surface area contributed by atoms with Crippen LogP contribution in [0.25, 0.3) is 11.0 Å². The number of ketones is 1. The van der Waals surface area contributed by atoms with Crippen molar-refractivity contribution in [2.45, 2.75) is 31.7 Å². The van der Waals surface area contributed by atoms with Crippen LogP contribution in [0.3, 0.4) is 0 Å². The van der Waals surface area contributed by atoms with E-state index in [0.29, 0.717) is 30.3 Å². The van der Waals surface area contributed by atoms with Gasteiger partial charge in [0, 0.05) is 25.1 Å². The van der Waals surface area contributed by atoms with Crippen molar-refractivity contribution in [3.63, 3.8) is 0 Å². The average molecular weight is 399 g/mol. The Morgan fingerprint density at radius 1 is 0.800 bits per heavy atom. The first-order valence-electron chi connectivity index (χ1n) is 10.1. The highest BCUT2D eigenvalue weighted by Gasteiger charge is 2.23. The lowest BCUT2D eigenvalue weighted by Gasteiger charge is -2.24. The summed E-state index contributed by atoms with van der Waals surface area (Å²) in [7, 11) is 0. The van der Waals surface area contributed by atoms with E-state index in [1.807, 2.05) is 66.9 Å². The highest BCUT2D eigenvalue weighted by atomic mass is 16.5. The molecule has 0 bridgehead atoms. The van der Waals surface area contributed by atoms with Crippen LogP contribution in [0.5, 0.6) is 23.1 Å². The average Bonchev–Trinajstić information content (AvgIpc) is 3.22. The van der Waals surface area contributed by atoms with E-state index in [-0.39, 0.29) is 6.04 Å². The molecule has 150 valence electrons. The minimum absolute atomic E-state index is 0.259. The molecule has 6 nitrogen and oxygen atoms in total. The van der Waals surface area contributed by atoms with Crippen molar-refractivity contribution >= 4 is 16.8 Å². The van der Waals surface area contributed by atoms with Gasteiger partial charge in [0.1, 0.15) is 34.9 Å². The number of aromatic nitrogens is 3. The minimum atomic E-state index is 0.259. The molecule has 1 aliphatic rings. The number of hydrogen-bond donors (Lipinski definition) is 0. The van der Waals surface area contributed by atoms with Crippen LogP contribution in [0.2, 0.25) is 0 Å². The third kappa shape index (κ3) is 3.76. The number of benzene rings is 2. The third-order valence-corrected chi connectivity index (χ3v) is 5.39. The van der Waals surface area contributed by atoms with Crippen molar-refractivity contribution in [1.29, 1.82) is 0 Å². The Balaban J connectivity index is 1.38. The van der Waals surface area contributed by atoms with E-state index < -0.39 is 0 Å². The molecule has 0 aliphatic heterocycles. The van der Waals surface area contributed by atoms with Gasteiger partial charge in [-0.1, -0.05) is 18.2 Å². The first-order chi connectivity index (χ1) is 14.8. The number of carbonyl (C=O) groups excluding carboxylic acids is 1. The normalized spacial score (nSPS) is 14.7. The summed E-state index contributed by atoms with van der Waals surface area (Å²) in [6, 6.07) is 19.3. The zero-order valence-corrected chi connectivity index (χ0v) is 16.4. The topological polar surface area (TPSA) is 66.2 Å². The molecule has 1 saturated carbocycles. The predicted molar refractivity (Wildman–Crippen MR) is 113 cm³/mol. The summed E-state index contributed by atoms with van der Waals surface area (Å²) in [6.07, 6.45) is 6.45. The number of fused-ring (bicyclic) bond motifs is 1. The van der Waals surface area contributed by atoms with Crippen LogP contribution in [0.1, 0.15) is 31.7 Å². The van der Waals surface area contributed by atoms with Gasteiger partial charge in [-0.2, -0.15) is 4.98 Å². The van der Waals surface area contributed by atoms with Crippen LogP contribution in [-0.4, -0.2) is 20.3 Å². The minimum Gasteiger partial charge on any atom is -0.457 e. The summed E-state index contributed by atoms with van der Waals surface area (Å²) in [5.74, 6) is 3.04. The molecule has 2 heterocycles. The van der Waals surface area contributed by atoms with Crippen LogP contribution in [0, 0.1) is 0 Å². The van der Waals surface area contributed by atoms with Crippen LogP contribution in [0.15, 0.2) is 73.2 Å². The lowest BCUT2D eigenvalue weighted by Crippen LogP contribution is -2.17. The van der Waals surface area contributed by atoms with Gasteiger partial charge in [-0.05, 0) is 55.3 Å². The summed E-state index contributed by atoms with van der Waals surface area (Å²) in [5, 5.41) is 0. The SMILES string of the molecule is O=C1CCC(n2ccc3ncnc(Oc4ccc(Oc5ccccc5)cc4)c32)CC1. The number of para-hydroxylation sites is 1. The van der Waals surface area contributed by atoms with Gasteiger partial charge in [0.05, 0.1) is 5.52 Å². The van der Waals surface area contributed by atoms with E-state index in [2.05, 4.69) is 14.5 Å². The van der Waals surface area contributed by atoms with Crippen LogP contribution >= 0.6 is 0 Å². The predicted octanol–water partition coefficient (Wildman–Crippen LogP) is 5.70. The smallest absolute Gasteiger partial charge is 0.247 e. The van der Waals surface area contributed by atoms with E-state index in [1.165, 1.54) is 6.33 Å². The number of hydrogen-bond acceptors (Lipinski definition) is 5. The molecule has 0 N–H and O–H groups in total. The quantitative estimate of drug-likeness (QED) is 0.431. The molecular weight excluding hydrogens is 378 g/mol. The van der Waals surface area contributed by atoms with Gasteiger partial charge in [0.2, 0.25) is 5.88 Å². The van der Waals surface area contributed by atoms with Crippen molar-refractivity contribution in [2.24, 2.45) is 0 Å². The van der Waals surface area contributed by atoms with E-state index >= 15 is 0 Å². The molecular formula is C24H21N3O3. The van der Waals surface area contributed by atoms with Crippen molar-refractivity contribution < 1.29 is 14.3 Å². The molecule has 30 heavy (non-hydrogen) atoms. The maximum atomic E-state index is 11.6. The van der Waals surface area contributed by atoms with Gasteiger partial charge in [0.25, 0.3) is 0 Å². The zero-order chi connectivity index (χ0) is 20.3. The Labute approximate surface area is 174 Å². The number of ether oxygens (including phenoxy) is 2. The molecule has 1 fully saturated rings. The molecule has 0 radical (unpaired) electrons. The Morgan fingerprint density at radius 3 is 2.20 bits per heavy atom. The Morgan fingerprint density at radius 2 is 1.47 bits per heavy atom. The van der Waals surface area contributed by atoms with Crippen LogP contribution in [-0.2, 0) is 4.79 Å². The maximum absolute atomic E-state index is 11.6. The highest BCUT2D eigenvalue weighted by molar-refractivity contribution is 5.82. The van der Waals surface area contributed by atoms with Crippen LogP contribution in [0.4, 0.5) is 0 Å². The Hall–Kier alpha value is -3.67. The highest BCUT2D eigenvalue weighted by Crippen LogP contribution is 2.35. The molecule has 2 aromatic carbocycles. The van der Waals surface area contributed by atoms with Gasteiger partial charge in [-0.25, -0.2) is 4.98 Å². The molecule has 4 aromatic rings. The van der Waals surface area contributed by atoms with Crippen molar-refractivity contribution in [1.82, 2.24) is 14.5 Å². The second-order valence-corrected chi connectivity index (χ2v) is 7.39. The molecule has 6 heteroatoms. The van der Waals surface area contributed by atoms with Crippen molar-refractivity contribution in [2.75, 3.05) is 0 Å². The number of carbonyl (C=O) groups is 1. The van der Waals surface area contributed by atoms with E-state index in [4.69, 9.17) is 9.47 Å². The van der Waals surface area contributed by atoms with E-state index in [1.54, 1.807) is 0 Å². The number of nitrogens with zero attached hydrogens (tertiary/aromatic N) is 3. The zero-order valence-electron chi connectivity index (χ0n) is 16.4. The number of Topliss-reactive ketones (excluding diaryl/α,β-unsaturated/α-hetero) is 1. The van der Waals surface area contributed by atoms with Gasteiger partial charge >= 0.3 is 0 Å². The molecule has 5 rings (SSSR count). The first kappa shape index (κ1) is 18.4. The van der Waals surface area contributed by atoms with Crippen LogP contribution < -0.4 is 9.47 Å². The van der Waals surface area contributed by atoms with Crippen molar-refractivity contribution in [3.05, 3.63) is 73.2 Å². The standard InChI is InChI=1S/C24H21N3O3/c28-18-8-6-17(7-9-18)27-15-14-22-23(27)24(26-16-25-22)30-21-12-10-20(11-13-21)29-19-4-2-1-3-5-19/h1-5,10-17H,6-9H2. The van der Waals surface area contributed by atoms with Gasteiger partial charge < -0.3 is 14.0 Å². The molecule has 0 saturated heterocycles. The fraction of sp³-hybridized carbons (Fsp3) is 0.208. The monoisotopic (exact) mass is 399 g/mol. The molecule has 0 spiro atoms. The molecule has 0 unspecified atom stereocenters. The Kier molecular flexibility index (Phi) is 4.89. The second-order valence-electron chi connectivity index (χ2n) is 7.39. The lowest BCUT2D eigenvalue weighted by molar-refractivity contribution is -0.120. The fourth-order valence-electron chi connectivity index (χ4n) is 3.86. The molecule has 2 aromatic heterocycles. The second kappa shape index (κ2) is 7.99. The summed E-state index contributed by atoms with van der Waals surface area (Å²) in [4.78, 5) is 20.4. The third-order valence-electron chi connectivity index (χ3n) is 5.39. The summed E-state index contributed by atoms with van der Waals surface area (Å²) >= 11 is 0. The maximum Gasteiger partial charge on any atom is 0.247 e. The number of rotatable bonds is 5. The molecule has 0 atom stereocenters. The summed E-state index contributed by atoms with van der Waals surface area (Å²) in [6.45, 7) is 0.